The van der Waals surface area contributed by atoms with Crippen molar-refractivity contribution >= 4 is 11.8 Å². The van der Waals surface area contributed by atoms with Gasteiger partial charge in [0, 0.05) is 38.0 Å². The molecule has 0 saturated carbocycles. The van der Waals surface area contributed by atoms with Crippen molar-refractivity contribution in [3.63, 3.8) is 0 Å². The third kappa shape index (κ3) is 5.00. The first-order valence-electron chi connectivity index (χ1n) is 12.7. The molecule has 5 rings (SSSR count). The zero-order valence-electron chi connectivity index (χ0n) is 20.2. The van der Waals surface area contributed by atoms with Gasteiger partial charge in [0.1, 0.15) is 0 Å². The summed E-state index contributed by atoms with van der Waals surface area (Å²) in [6.45, 7) is 7.62. The Morgan fingerprint density at radius 2 is 1.91 bits per heavy atom. The van der Waals surface area contributed by atoms with Gasteiger partial charge >= 0.3 is 0 Å². The fourth-order valence-electron chi connectivity index (χ4n) is 5.91. The van der Waals surface area contributed by atoms with Crippen LogP contribution in [0.25, 0.3) is 0 Å². The lowest BCUT2D eigenvalue weighted by molar-refractivity contribution is -0.147. The number of amides is 2. The lowest BCUT2D eigenvalue weighted by Crippen LogP contribution is -2.61. The summed E-state index contributed by atoms with van der Waals surface area (Å²) in [5, 5.41) is 14.7. The number of hydrogen-bond donors (Lipinski definition) is 2. The quantitative estimate of drug-likeness (QED) is 0.653. The fourth-order valence-corrected chi connectivity index (χ4v) is 5.91. The molecule has 4 heterocycles. The number of benzene rings is 1. The molecule has 2 atom stereocenters. The molecule has 2 N–H and O–H groups in total. The van der Waals surface area contributed by atoms with Gasteiger partial charge in [-0.3, -0.25) is 19.8 Å². The van der Waals surface area contributed by atoms with Crippen LogP contribution in [0.5, 0.6) is 0 Å². The second kappa shape index (κ2) is 9.57. The largest absolute Gasteiger partial charge is 0.388 e. The highest BCUT2D eigenvalue weighted by Gasteiger charge is 2.47. The number of rotatable bonds is 6. The number of ether oxygens (including phenoxy) is 1. The van der Waals surface area contributed by atoms with Crippen LogP contribution in [0, 0.1) is 5.41 Å². The molecule has 4 aliphatic heterocycles. The Labute approximate surface area is 202 Å². The van der Waals surface area contributed by atoms with E-state index in [1.54, 1.807) is 4.90 Å². The van der Waals surface area contributed by atoms with Gasteiger partial charge in [0.2, 0.25) is 11.8 Å². The van der Waals surface area contributed by atoms with Gasteiger partial charge in [-0.2, -0.15) is 0 Å². The second-order valence-corrected chi connectivity index (χ2v) is 11.0. The van der Waals surface area contributed by atoms with Crippen LogP contribution in [0.1, 0.15) is 50.5 Å². The van der Waals surface area contributed by atoms with Crippen molar-refractivity contribution in [2.24, 2.45) is 5.41 Å². The number of hydrogen-bond acceptors (Lipinski definition) is 6. The van der Waals surface area contributed by atoms with Crippen LogP contribution >= 0.6 is 0 Å². The molecule has 0 aromatic heterocycles. The average Bonchev–Trinajstić information content (AvgIpc) is 3.28. The van der Waals surface area contributed by atoms with Crippen LogP contribution in [0.2, 0.25) is 0 Å². The summed E-state index contributed by atoms with van der Waals surface area (Å²) in [6.07, 6.45) is 3.13. The predicted octanol–water partition coefficient (Wildman–Crippen LogP) is 1.36. The van der Waals surface area contributed by atoms with Crippen LogP contribution in [-0.4, -0.2) is 96.0 Å². The Balaban J connectivity index is 1.07. The van der Waals surface area contributed by atoms with Crippen LogP contribution in [0.4, 0.5) is 0 Å². The molecule has 2 amide bonds. The molecule has 1 spiro atoms. The Morgan fingerprint density at radius 1 is 1.18 bits per heavy atom. The number of likely N-dealkylation sites (tertiary alicyclic amines) is 2. The van der Waals surface area contributed by atoms with E-state index >= 15 is 0 Å². The summed E-state index contributed by atoms with van der Waals surface area (Å²) in [5.74, 6) is 0.400. The topological polar surface area (TPSA) is 85.4 Å². The number of carbonyl (C=O) groups excluding carboxylic acids is 2. The molecular weight excluding hydrogens is 432 g/mol. The number of aliphatic hydroxyl groups is 1. The Bertz CT molecular complexity index is 882. The predicted molar refractivity (Wildman–Crippen MR) is 128 cm³/mol. The van der Waals surface area contributed by atoms with Gasteiger partial charge in [0.15, 0.2) is 0 Å². The summed E-state index contributed by atoms with van der Waals surface area (Å²) in [7, 11) is 0. The van der Waals surface area contributed by atoms with E-state index in [1.807, 2.05) is 23.1 Å². The molecule has 0 radical (unpaired) electrons. The van der Waals surface area contributed by atoms with Gasteiger partial charge in [-0.15, -0.1) is 0 Å². The zero-order valence-corrected chi connectivity index (χ0v) is 20.2. The van der Waals surface area contributed by atoms with Gasteiger partial charge < -0.3 is 19.6 Å². The minimum atomic E-state index is -0.938. The molecule has 1 aromatic rings. The lowest BCUT2D eigenvalue weighted by Gasteiger charge is -2.44. The van der Waals surface area contributed by atoms with E-state index in [4.69, 9.17) is 4.74 Å². The van der Waals surface area contributed by atoms with Gasteiger partial charge in [-0.25, -0.2) is 0 Å². The van der Waals surface area contributed by atoms with Crippen LogP contribution in [0.3, 0.4) is 0 Å². The van der Waals surface area contributed by atoms with Crippen molar-refractivity contribution in [1.29, 1.82) is 0 Å². The van der Waals surface area contributed by atoms with Crippen LogP contribution in [0.15, 0.2) is 30.3 Å². The molecule has 1 unspecified atom stereocenters. The Kier molecular flexibility index (Phi) is 6.68. The minimum Gasteiger partial charge on any atom is -0.388 e. The van der Waals surface area contributed by atoms with Crippen LogP contribution < -0.4 is 5.32 Å². The Morgan fingerprint density at radius 3 is 2.53 bits per heavy atom. The smallest absolute Gasteiger partial charge is 0.226 e. The van der Waals surface area contributed by atoms with Gasteiger partial charge in [0.05, 0.1) is 44.6 Å². The third-order valence-electron chi connectivity index (χ3n) is 8.35. The highest BCUT2D eigenvalue weighted by molar-refractivity contribution is 5.78. The fraction of sp³-hybridized carbons (Fsp3) is 0.692. The molecule has 0 aliphatic carbocycles. The number of carbonyl (C=O) groups is 2. The lowest BCUT2D eigenvalue weighted by atomic mass is 9.85. The van der Waals surface area contributed by atoms with E-state index in [0.717, 1.165) is 32.7 Å². The minimum absolute atomic E-state index is 0.0736. The first kappa shape index (κ1) is 23.7. The average molecular weight is 471 g/mol. The third-order valence-corrected chi connectivity index (χ3v) is 8.35. The van der Waals surface area contributed by atoms with Crippen molar-refractivity contribution in [2.45, 2.75) is 56.7 Å². The second-order valence-electron chi connectivity index (χ2n) is 11.0. The SMILES string of the molecule is C[C@H](CC(=O)N1CCC(O)(CN2CNC(N3CCC4(COC4)C3)CC2=O)CC1)c1ccccc1. The van der Waals surface area contributed by atoms with Gasteiger partial charge in [0.25, 0.3) is 0 Å². The first-order chi connectivity index (χ1) is 16.3. The molecule has 0 bridgehead atoms. The summed E-state index contributed by atoms with van der Waals surface area (Å²) < 4.78 is 5.42. The highest BCUT2D eigenvalue weighted by atomic mass is 16.5. The van der Waals surface area contributed by atoms with E-state index in [2.05, 4.69) is 29.3 Å². The number of nitrogens with zero attached hydrogens (tertiary/aromatic N) is 3. The summed E-state index contributed by atoms with van der Waals surface area (Å²) in [6, 6.07) is 10.1. The highest BCUT2D eigenvalue weighted by Crippen LogP contribution is 2.38. The van der Waals surface area contributed by atoms with E-state index in [1.165, 1.54) is 5.56 Å². The summed E-state index contributed by atoms with van der Waals surface area (Å²) in [4.78, 5) is 31.7. The number of nitrogens with one attached hydrogen (secondary N) is 1. The molecule has 186 valence electrons. The van der Waals surface area contributed by atoms with Crippen molar-refractivity contribution in [3.05, 3.63) is 35.9 Å². The van der Waals surface area contributed by atoms with Crippen molar-refractivity contribution in [2.75, 3.05) is 52.6 Å². The molecule has 8 heteroatoms. The Hall–Kier alpha value is -2.00. The van der Waals surface area contributed by atoms with Gasteiger partial charge in [-0.05, 0) is 30.7 Å². The van der Waals surface area contributed by atoms with E-state index in [-0.39, 0.29) is 23.9 Å². The van der Waals surface area contributed by atoms with Crippen molar-refractivity contribution in [1.82, 2.24) is 20.0 Å². The summed E-state index contributed by atoms with van der Waals surface area (Å²) >= 11 is 0. The van der Waals surface area contributed by atoms with Gasteiger partial charge in [-0.1, -0.05) is 37.3 Å². The van der Waals surface area contributed by atoms with E-state index < -0.39 is 5.60 Å². The standard InChI is InChI=1S/C26H38N4O4/c1-20(21-5-3-2-4-6-21)13-23(31)28-11-8-26(33,9-12-28)16-30-19-27-22(14-24(30)32)29-10-7-25(15-29)17-34-18-25/h2-6,20,22,27,33H,7-19H2,1H3/t20-,22?/m1/s1. The molecular formula is C26H38N4O4. The molecule has 34 heavy (non-hydrogen) atoms. The number of piperidine rings is 1. The maximum atomic E-state index is 12.9. The van der Waals surface area contributed by atoms with Crippen LogP contribution in [-0.2, 0) is 14.3 Å². The number of β-amino-alcohol motifs (C(OH)–C–C–N with tert-alkyl or cyclic N) is 1. The molecule has 4 saturated heterocycles. The molecule has 4 aliphatic rings. The van der Waals surface area contributed by atoms with E-state index in [0.29, 0.717) is 57.4 Å². The van der Waals surface area contributed by atoms with Crippen molar-refractivity contribution < 1.29 is 19.4 Å². The molecule has 8 nitrogen and oxygen atoms in total. The maximum Gasteiger partial charge on any atom is 0.226 e. The monoisotopic (exact) mass is 470 g/mol. The normalized spacial score (nSPS) is 27.6. The first-order valence-corrected chi connectivity index (χ1v) is 12.7. The summed E-state index contributed by atoms with van der Waals surface area (Å²) in [5.41, 5.74) is 0.540. The maximum absolute atomic E-state index is 12.9. The van der Waals surface area contributed by atoms with Crippen molar-refractivity contribution in [3.8, 4) is 0 Å². The van der Waals surface area contributed by atoms with E-state index in [9.17, 15) is 14.7 Å². The zero-order chi connectivity index (χ0) is 23.8. The molecule has 4 fully saturated rings. The molecule has 1 aromatic carbocycles.